The lowest BCUT2D eigenvalue weighted by atomic mass is 10.1. The number of benzene rings is 1. The number of fused-ring (bicyclic) bond motifs is 1. The number of anilines is 1. The monoisotopic (exact) mass is 459 g/mol. The van der Waals surface area contributed by atoms with Crippen LogP contribution >= 0.6 is 11.3 Å². The highest BCUT2D eigenvalue weighted by atomic mass is 32.3. The van der Waals surface area contributed by atoms with Crippen molar-refractivity contribution in [3.63, 3.8) is 0 Å². The maximum absolute atomic E-state index is 12.5. The van der Waals surface area contributed by atoms with Crippen molar-refractivity contribution in [2.75, 3.05) is 18.0 Å². The first-order valence-electron chi connectivity index (χ1n) is 8.37. The summed E-state index contributed by atoms with van der Waals surface area (Å²) in [6.45, 7) is 5.45. The fourth-order valence-electron chi connectivity index (χ4n) is 2.90. The Labute approximate surface area is 170 Å². The van der Waals surface area contributed by atoms with Crippen LogP contribution in [-0.4, -0.2) is 39.0 Å². The highest BCUT2D eigenvalue weighted by molar-refractivity contribution is 7.89. The molecule has 2 aromatic heterocycles. The standard InChI is InChI=1S/C17H17NO8S3/c1-3-18(4-2)11-6-5-10-7-12(17(19)26-13(10)8-11)16-14(28(20,21)22)9-15(27-16)29(23,24)25/h5-9H,3-4H2,1-2H3,(H,20,21,22)(H,23,24,25). The van der Waals surface area contributed by atoms with Crippen LogP contribution in [0.1, 0.15) is 13.8 Å². The predicted octanol–water partition coefficient (Wildman–Crippen LogP) is 2.86. The Morgan fingerprint density at radius 1 is 1.00 bits per heavy atom. The minimum Gasteiger partial charge on any atom is -0.422 e. The Morgan fingerprint density at radius 3 is 2.21 bits per heavy atom. The van der Waals surface area contributed by atoms with E-state index in [0.717, 1.165) is 18.8 Å². The van der Waals surface area contributed by atoms with Crippen LogP contribution in [0.5, 0.6) is 0 Å². The topological polar surface area (TPSA) is 142 Å². The van der Waals surface area contributed by atoms with Crippen LogP contribution < -0.4 is 10.5 Å². The zero-order chi connectivity index (χ0) is 21.6. The molecule has 0 unspecified atom stereocenters. The van der Waals surface area contributed by atoms with Crippen LogP contribution in [-0.2, 0) is 20.2 Å². The third-order valence-electron chi connectivity index (χ3n) is 4.30. The molecule has 3 aromatic rings. The molecule has 0 fully saturated rings. The first kappa shape index (κ1) is 21.5. The zero-order valence-corrected chi connectivity index (χ0v) is 17.8. The van der Waals surface area contributed by atoms with E-state index in [1.807, 2.05) is 18.7 Å². The summed E-state index contributed by atoms with van der Waals surface area (Å²) in [5, 5.41) is 0.471. The summed E-state index contributed by atoms with van der Waals surface area (Å²) in [4.78, 5) is 13.4. The van der Waals surface area contributed by atoms with Crippen molar-refractivity contribution in [3.8, 4) is 10.4 Å². The number of rotatable bonds is 6. The van der Waals surface area contributed by atoms with Crippen LogP contribution in [0.3, 0.4) is 0 Å². The van der Waals surface area contributed by atoms with Crippen LogP contribution in [0.2, 0.25) is 0 Å². The quantitative estimate of drug-likeness (QED) is 0.420. The molecule has 0 aliphatic carbocycles. The molecule has 2 heterocycles. The molecule has 0 spiro atoms. The number of hydrogen-bond donors (Lipinski definition) is 2. The lowest BCUT2D eigenvalue weighted by Gasteiger charge is -2.21. The van der Waals surface area contributed by atoms with E-state index in [2.05, 4.69) is 0 Å². The van der Waals surface area contributed by atoms with Gasteiger partial charge in [0.25, 0.3) is 10.1 Å². The minimum absolute atomic E-state index is 0.249. The maximum Gasteiger partial charge on any atom is 0.345 e. The van der Waals surface area contributed by atoms with E-state index in [1.54, 1.807) is 18.2 Å². The van der Waals surface area contributed by atoms with Gasteiger partial charge in [-0.25, -0.2) is 4.79 Å². The summed E-state index contributed by atoms with van der Waals surface area (Å²) in [5.74, 6) is 0. The van der Waals surface area contributed by atoms with E-state index in [0.29, 0.717) is 22.8 Å². The van der Waals surface area contributed by atoms with Crippen molar-refractivity contribution in [1.29, 1.82) is 0 Å². The van der Waals surface area contributed by atoms with Crippen LogP contribution in [0.4, 0.5) is 5.69 Å². The van der Waals surface area contributed by atoms with Gasteiger partial charge in [0, 0.05) is 30.2 Å². The Kier molecular flexibility index (Phi) is 5.58. The smallest absolute Gasteiger partial charge is 0.345 e. The minimum atomic E-state index is -4.87. The van der Waals surface area contributed by atoms with Crippen molar-refractivity contribution in [2.45, 2.75) is 23.0 Å². The van der Waals surface area contributed by atoms with Gasteiger partial charge in [0.15, 0.2) is 0 Å². The van der Waals surface area contributed by atoms with Crippen LogP contribution in [0, 0.1) is 0 Å². The van der Waals surface area contributed by atoms with Crippen molar-refractivity contribution in [3.05, 3.63) is 40.8 Å². The van der Waals surface area contributed by atoms with Gasteiger partial charge < -0.3 is 9.32 Å². The molecule has 0 aliphatic rings. The van der Waals surface area contributed by atoms with Crippen molar-refractivity contribution < 1.29 is 30.4 Å². The van der Waals surface area contributed by atoms with Crippen LogP contribution in [0.25, 0.3) is 21.4 Å². The molecule has 1 aromatic carbocycles. The third-order valence-corrected chi connectivity index (χ3v) is 7.78. The van der Waals surface area contributed by atoms with Gasteiger partial charge >= 0.3 is 15.7 Å². The molecule has 3 rings (SSSR count). The Hall–Kier alpha value is -2.25. The second-order valence-corrected chi connectivity index (χ2v) is 10.1. The lowest BCUT2D eigenvalue weighted by Crippen LogP contribution is -2.21. The molecule has 9 nitrogen and oxygen atoms in total. The van der Waals surface area contributed by atoms with E-state index in [-0.39, 0.29) is 16.0 Å². The fraction of sp³-hybridized carbons (Fsp3) is 0.235. The second kappa shape index (κ2) is 7.54. The van der Waals surface area contributed by atoms with Gasteiger partial charge in [-0.05, 0) is 38.1 Å². The molecule has 2 N–H and O–H groups in total. The summed E-state index contributed by atoms with van der Waals surface area (Å²) in [7, 11) is -9.61. The molecule has 29 heavy (non-hydrogen) atoms. The van der Waals surface area contributed by atoms with Crippen molar-refractivity contribution >= 4 is 48.2 Å². The molecule has 0 atom stereocenters. The van der Waals surface area contributed by atoms with Gasteiger partial charge in [0.1, 0.15) is 14.7 Å². The third kappa shape index (κ3) is 4.21. The first-order chi connectivity index (χ1) is 13.5. The maximum atomic E-state index is 12.5. The highest BCUT2D eigenvalue weighted by Gasteiger charge is 2.27. The zero-order valence-electron chi connectivity index (χ0n) is 15.3. The van der Waals surface area contributed by atoms with E-state index in [9.17, 15) is 30.7 Å². The summed E-state index contributed by atoms with van der Waals surface area (Å²) in [6, 6.07) is 7.11. The largest absolute Gasteiger partial charge is 0.422 e. The Balaban J connectivity index is 2.26. The summed E-state index contributed by atoms with van der Waals surface area (Å²) >= 11 is 0.339. The molecule has 156 valence electrons. The van der Waals surface area contributed by atoms with Crippen molar-refractivity contribution in [2.24, 2.45) is 0 Å². The highest BCUT2D eigenvalue weighted by Crippen LogP contribution is 2.37. The molecule has 0 amide bonds. The predicted molar refractivity (Wildman–Crippen MR) is 109 cm³/mol. The Morgan fingerprint density at radius 2 is 1.66 bits per heavy atom. The SMILES string of the molecule is CCN(CC)c1ccc2cc(-c3sc(S(=O)(=O)O)cc3S(=O)(=O)O)c(=O)oc2c1. The molecule has 0 saturated carbocycles. The molecular weight excluding hydrogens is 442 g/mol. The number of thiophene rings is 1. The Bertz CT molecular complexity index is 1350. The summed E-state index contributed by atoms with van der Waals surface area (Å²) in [6.07, 6.45) is 0. The molecular formula is C17H17NO8S3. The summed E-state index contributed by atoms with van der Waals surface area (Å²) < 4.78 is 69.4. The number of nitrogens with zero attached hydrogens (tertiary/aromatic N) is 1. The van der Waals surface area contributed by atoms with Gasteiger partial charge in [0.05, 0.1) is 10.4 Å². The van der Waals surface area contributed by atoms with Gasteiger partial charge in [-0.15, -0.1) is 11.3 Å². The van der Waals surface area contributed by atoms with Crippen LogP contribution in [0.15, 0.2) is 48.6 Å². The van der Waals surface area contributed by atoms with Gasteiger partial charge in [-0.3, -0.25) is 9.11 Å². The van der Waals surface area contributed by atoms with E-state index < -0.39 is 35.0 Å². The van der Waals surface area contributed by atoms with E-state index >= 15 is 0 Å². The molecule has 0 saturated heterocycles. The second-order valence-electron chi connectivity index (χ2n) is 6.05. The van der Waals surface area contributed by atoms with E-state index in [1.165, 1.54) is 6.07 Å². The normalized spacial score (nSPS) is 12.4. The van der Waals surface area contributed by atoms with E-state index in [4.69, 9.17) is 4.42 Å². The number of hydrogen-bond acceptors (Lipinski definition) is 8. The first-order valence-corrected chi connectivity index (χ1v) is 12.1. The molecule has 0 aliphatic heterocycles. The van der Waals surface area contributed by atoms with Crippen molar-refractivity contribution in [1.82, 2.24) is 0 Å². The average molecular weight is 460 g/mol. The lowest BCUT2D eigenvalue weighted by molar-refractivity contribution is 0.483. The molecule has 0 radical (unpaired) electrons. The van der Waals surface area contributed by atoms with Gasteiger partial charge in [-0.1, -0.05) is 0 Å². The average Bonchev–Trinajstić information content (AvgIpc) is 3.08. The summed E-state index contributed by atoms with van der Waals surface area (Å²) in [5.41, 5.74) is -0.0617. The fourth-order valence-corrected chi connectivity index (χ4v) is 5.83. The molecule has 0 bridgehead atoms. The molecule has 12 heteroatoms. The van der Waals surface area contributed by atoms with Gasteiger partial charge in [-0.2, -0.15) is 16.8 Å². The van der Waals surface area contributed by atoms with Gasteiger partial charge in [0.2, 0.25) is 0 Å².